The lowest BCUT2D eigenvalue weighted by Crippen LogP contribution is -2.20. The Morgan fingerprint density at radius 1 is 0.957 bits per heavy atom. The van der Waals surface area contributed by atoms with Gasteiger partial charge in [-0.3, -0.25) is 5.10 Å². The number of pyridine rings is 1. The molecule has 0 unspecified atom stereocenters. The van der Waals surface area contributed by atoms with Crippen molar-refractivity contribution >= 4 is 33.3 Å². The van der Waals surface area contributed by atoms with Gasteiger partial charge in [0, 0.05) is 37.4 Å². The molecule has 0 spiro atoms. The minimum absolute atomic E-state index is 0.307. The minimum Gasteiger partial charge on any atom is -0.384 e. The second-order valence-electron chi connectivity index (χ2n) is 11.7. The Kier molecular flexibility index (Phi) is 9.66. The molecule has 9 heteroatoms. The van der Waals surface area contributed by atoms with E-state index in [4.69, 9.17) is 9.97 Å². The standard InChI is InChI=1S/C38H39FN8/c1-5-25(23-40-24-26-11-8-7-9-12-26)19-27(6-2)32-15-16-34-36(42-32)37(46-45-34)38-43-33-14-10-13-31(35(33)44-38)28-20-29(39)22-30(21-28)41-17-18-47(3)4/h5-16,19-22,40-41H,1,17-18,23-24H2,2-4H3,(H,43,44)(H,45,46)/b25-19+,27-6+. The molecule has 6 rings (SSSR count). The summed E-state index contributed by atoms with van der Waals surface area (Å²) in [6, 6.07) is 25.2. The smallest absolute Gasteiger partial charge is 0.161 e. The summed E-state index contributed by atoms with van der Waals surface area (Å²) >= 11 is 0. The summed E-state index contributed by atoms with van der Waals surface area (Å²) in [6.45, 7) is 9.03. The molecule has 0 aliphatic rings. The van der Waals surface area contributed by atoms with Gasteiger partial charge < -0.3 is 20.5 Å². The molecule has 0 saturated carbocycles. The number of nitrogens with one attached hydrogen (secondary N) is 4. The SMILES string of the molecule is C=C/C(=C\C(=C/C)c1ccc2[nH]nc(-c3nc4c(-c5cc(F)cc(NCCN(C)C)c5)cccc4[nH]3)c2n1)CNCc1ccccc1. The van der Waals surface area contributed by atoms with E-state index in [0.717, 1.165) is 63.3 Å². The Morgan fingerprint density at radius 3 is 2.60 bits per heavy atom. The predicted octanol–water partition coefficient (Wildman–Crippen LogP) is 7.59. The number of allylic oxidation sites excluding steroid dienone is 3. The number of anilines is 1. The van der Waals surface area contributed by atoms with Gasteiger partial charge in [0.2, 0.25) is 0 Å². The first kappa shape index (κ1) is 31.6. The first-order valence-corrected chi connectivity index (χ1v) is 15.7. The zero-order chi connectivity index (χ0) is 32.8. The maximum atomic E-state index is 14.7. The lowest BCUT2D eigenvalue weighted by atomic mass is 10.0. The first-order chi connectivity index (χ1) is 22.9. The molecule has 238 valence electrons. The molecule has 8 nitrogen and oxygen atoms in total. The third kappa shape index (κ3) is 7.38. The summed E-state index contributed by atoms with van der Waals surface area (Å²) in [4.78, 5) is 15.5. The van der Waals surface area contributed by atoms with Crippen molar-refractivity contribution in [2.45, 2.75) is 13.5 Å². The first-order valence-electron chi connectivity index (χ1n) is 15.7. The van der Waals surface area contributed by atoms with Gasteiger partial charge in [0.15, 0.2) is 11.5 Å². The van der Waals surface area contributed by atoms with Crippen LogP contribution in [0.1, 0.15) is 18.2 Å². The molecular weight excluding hydrogens is 587 g/mol. The van der Waals surface area contributed by atoms with Crippen molar-refractivity contribution in [1.29, 1.82) is 0 Å². The number of hydrogen-bond donors (Lipinski definition) is 4. The van der Waals surface area contributed by atoms with E-state index in [1.54, 1.807) is 6.07 Å². The molecule has 47 heavy (non-hydrogen) atoms. The number of likely N-dealkylation sites (N-methyl/N-ethyl adjacent to an activating group) is 1. The van der Waals surface area contributed by atoms with E-state index < -0.39 is 0 Å². The lowest BCUT2D eigenvalue weighted by Gasteiger charge is -2.13. The van der Waals surface area contributed by atoms with Gasteiger partial charge in [-0.25, -0.2) is 14.4 Å². The van der Waals surface area contributed by atoms with Gasteiger partial charge in [0.25, 0.3) is 0 Å². The number of benzene rings is 3. The number of imidazole rings is 1. The Balaban J connectivity index is 1.29. The number of H-pyrrole nitrogens is 2. The van der Waals surface area contributed by atoms with Crippen molar-refractivity contribution in [3.05, 3.63) is 126 Å². The zero-order valence-electron chi connectivity index (χ0n) is 26.9. The quantitative estimate of drug-likeness (QED) is 0.0987. The van der Waals surface area contributed by atoms with Crippen molar-refractivity contribution in [2.24, 2.45) is 0 Å². The largest absolute Gasteiger partial charge is 0.384 e. The fraction of sp³-hybridized carbons (Fsp3) is 0.184. The molecule has 0 bridgehead atoms. The van der Waals surface area contributed by atoms with E-state index >= 15 is 0 Å². The molecule has 3 heterocycles. The summed E-state index contributed by atoms with van der Waals surface area (Å²) in [5.74, 6) is 0.275. The van der Waals surface area contributed by atoms with E-state index in [1.807, 2.05) is 87.8 Å². The molecule has 3 aromatic heterocycles. The van der Waals surface area contributed by atoms with Crippen LogP contribution < -0.4 is 10.6 Å². The normalized spacial score (nSPS) is 12.4. The van der Waals surface area contributed by atoms with Gasteiger partial charge in [-0.1, -0.05) is 61.2 Å². The third-order valence-corrected chi connectivity index (χ3v) is 7.95. The van der Waals surface area contributed by atoms with E-state index in [9.17, 15) is 4.39 Å². The molecular formula is C38H39FN8. The van der Waals surface area contributed by atoms with Gasteiger partial charge in [-0.05, 0) is 85.8 Å². The molecule has 0 saturated heterocycles. The molecule has 0 fully saturated rings. The lowest BCUT2D eigenvalue weighted by molar-refractivity contribution is 0.425. The van der Waals surface area contributed by atoms with Crippen molar-refractivity contribution in [3.8, 4) is 22.6 Å². The van der Waals surface area contributed by atoms with Crippen LogP contribution in [0.2, 0.25) is 0 Å². The van der Waals surface area contributed by atoms with Crippen LogP contribution in [0.3, 0.4) is 0 Å². The van der Waals surface area contributed by atoms with Crippen molar-refractivity contribution in [1.82, 2.24) is 35.4 Å². The van der Waals surface area contributed by atoms with Gasteiger partial charge in [0.1, 0.15) is 11.3 Å². The van der Waals surface area contributed by atoms with Gasteiger partial charge in [-0.2, -0.15) is 5.10 Å². The van der Waals surface area contributed by atoms with Crippen LogP contribution in [0, 0.1) is 5.82 Å². The fourth-order valence-corrected chi connectivity index (χ4v) is 5.51. The Morgan fingerprint density at radius 2 is 1.81 bits per heavy atom. The second kappa shape index (κ2) is 14.4. The molecule has 4 N–H and O–H groups in total. The highest BCUT2D eigenvalue weighted by molar-refractivity contribution is 5.96. The highest BCUT2D eigenvalue weighted by atomic mass is 19.1. The van der Waals surface area contributed by atoms with Crippen LogP contribution >= 0.6 is 0 Å². The molecule has 0 radical (unpaired) electrons. The Bertz CT molecular complexity index is 2070. The maximum absolute atomic E-state index is 14.7. The zero-order valence-corrected chi connectivity index (χ0v) is 26.9. The van der Waals surface area contributed by atoms with E-state index in [0.29, 0.717) is 30.1 Å². The van der Waals surface area contributed by atoms with Crippen molar-refractivity contribution in [3.63, 3.8) is 0 Å². The second-order valence-corrected chi connectivity index (χ2v) is 11.7. The van der Waals surface area contributed by atoms with Gasteiger partial charge in [-0.15, -0.1) is 0 Å². The van der Waals surface area contributed by atoms with Crippen molar-refractivity contribution in [2.75, 3.05) is 39.0 Å². The summed E-state index contributed by atoms with van der Waals surface area (Å²) in [5.41, 5.74) is 10.1. The average Bonchev–Trinajstić information content (AvgIpc) is 3.70. The number of para-hydroxylation sites is 1. The molecule has 0 amide bonds. The summed E-state index contributed by atoms with van der Waals surface area (Å²) < 4.78 is 14.7. The monoisotopic (exact) mass is 626 g/mol. The van der Waals surface area contributed by atoms with Crippen LogP contribution in [0.25, 0.3) is 50.3 Å². The van der Waals surface area contributed by atoms with Crippen LogP contribution in [-0.2, 0) is 6.54 Å². The molecule has 6 aromatic rings. The van der Waals surface area contributed by atoms with Crippen LogP contribution in [0.5, 0.6) is 0 Å². The highest BCUT2D eigenvalue weighted by Gasteiger charge is 2.17. The maximum Gasteiger partial charge on any atom is 0.161 e. The summed E-state index contributed by atoms with van der Waals surface area (Å²) in [7, 11) is 4.02. The molecule has 3 aromatic carbocycles. The topological polar surface area (TPSA) is 97.5 Å². The van der Waals surface area contributed by atoms with Crippen molar-refractivity contribution < 1.29 is 4.39 Å². The average molecular weight is 627 g/mol. The minimum atomic E-state index is -0.307. The number of nitrogens with zero attached hydrogens (tertiary/aromatic N) is 4. The number of fused-ring (bicyclic) bond motifs is 2. The summed E-state index contributed by atoms with van der Waals surface area (Å²) in [6.07, 6.45) is 6.02. The van der Waals surface area contributed by atoms with Crippen LogP contribution in [0.15, 0.2) is 109 Å². The number of hydrogen-bond acceptors (Lipinski definition) is 6. The molecule has 0 aliphatic heterocycles. The molecule has 0 aliphatic carbocycles. The molecule has 0 atom stereocenters. The van der Waals surface area contributed by atoms with E-state index in [-0.39, 0.29) is 5.82 Å². The van der Waals surface area contributed by atoms with Crippen LogP contribution in [0.4, 0.5) is 10.1 Å². The number of aromatic nitrogens is 5. The summed E-state index contributed by atoms with van der Waals surface area (Å²) in [5, 5.41) is 14.5. The van der Waals surface area contributed by atoms with E-state index in [2.05, 4.69) is 55.5 Å². The number of halogens is 1. The van der Waals surface area contributed by atoms with Crippen LogP contribution in [-0.4, -0.2) is 63.8 Å². The number of aromatic amines is 2. The third-order valence-electron chi connectivity index (χ3n) is 7.95. The Labute approximate surface area is 274 Å². The van der Waals surface area contributed by atoms with Gasteiger partial charge >= 0.3 is 0 Å². The number of rotatable bonds is 13. The highest BCUT2D eigenvalue weighted by Crippen LogP contribution is 2.33. The Hall–Kier alpha value is -5.38. The fourth-order valence-electron chi connectivity index (χ4n) is 5.51. The van der Waals surface area contributed by atoms with E-state index in [1.165, 1.54) is 11.6 Å². The predicted molar refractivity (Wildman–Crippen MR) is 191 cm³/mol. The van der Waals surface area contributed by atoms with Gasteiger partial charge in [0.05, 0.1) is 22.2 Å².